The molecule has 0 atom stereocenters. The summed E-state index contributed by atoms with van der Waals surface area (Å²) in [7, 11) is 0. The minimum Gasteiger partial charge on any atom is -0.378 e. The van der Waals surface area contributed by atoms with Crippen LogP contribution in [0.25, 0.3) is 0 Å². The first-order valence-corrected chi connectivity index (χ1v) is 10.9. The van der Waals surface area contributed by atoms with Crippen LogP contribution in [0, 0.1) is 0 Å². The molecule has 0 bridgehead atoms. The Kier molecular flexibility index (Phi) is 10.2. The largest absolute Gasteiger partial charge is 0.378 e. The zero-order valence-corrected chi connectivity index (χ0v) is 20.6. The summed E-state index contributed by atoms with van der Waals surface area (Å²) < 4.78 is 5.42. The summed E-state index contributed by atoms with van der Waals surface area (Å²) in [6.07, 6.45) is 0. The Morgan fingerprint density at radius 2 is 1.93 bits per heavy atom. The maximum absolute atomic E-state index is 5.42. The summed E-state index contributed by atoms with van der Waals surface area (Å²) in [5.74, 6) is 1.29. The number of hydrogen-bond acceptors (Lipinski definition) is 5. The molecular weight excluding hydrogens is 497 g/mol. The highest BCUT2D eigenvalue weighted by molar-refractivity contribution is 14.0. The Hall–Kier alpha value is -1.39. The van der Waals surface area contributed by atoms with Gasteiger partial charge in [0, 0.05) is 30.7 Å². The third kappa shape index (κ3) is 7.42. The number of hydrogen-bond donors (Lipinski definition) is 2. The van der Waals surface area contributed by atoms with Gasteiger partial charge in [-0.05, 0) is 30.5 Å². The van der Waals surface area contributed by atoms with Crippen molar-refractivity contribution >= 4 is 47.0 Å². The molecule has 0 radical (unpaired) electrons. The van der Waals surface area contributed by atoms with Crippen molar-refractivity contribution in [3.05, 3.63) is 45.9 Å². The van der Waals surface area contributed by atoms with Crippen LogP contribution in [0.5, 0.6) is 0 Å². The summed E-state index contributed by atoms with van der Waals surface area (Å²) in [6.45, 7) is 12.1. The van der Waals surface area contributed by atoms with Gasteiger partial charge in [-0.2, -0.15) is 0 Å². The van der Waals surface area contributed by atoms with Crippen LogP contribution in [0.2, 0.25) is 0 Å². The smallest absolute Gasteiger partial charge is 0.191 e. The Morgan fingerprint density at radius 1 is 1.21 bits per heavy atom. The van der Waals surface area contributed by atoms with Crippen LogP contribution in [-0.4, -0.2) is 43.8 Å². The number of aromatic nitrogens is 1. The highest BCUT2D eigenvalue weighted by Crippen LogP contribution is 2.18. The van der Waals surface area contributed by atoms with Crippen LogP contribution in [0.15, 0.2) is 34.6 Å². The molecule has 2 aromatic rings. The van der Waals surface area contributed by atoms with Gasteiger partial charge in [-0.1, -0.05) is 26.0 Å². The average molecular weight is 529 g/mol. The number of thiazole rings is 1. The standard InChI is InChI=1S/C21H31N5OS.HI/c1-4-22-21(24-14-20-25-19(15-28-20)16(2)3)23-13-17-5-7-18(8-6-17)26-9-11-27-12-10-26;/h5-8,15-16H,4,9-14H2,1-3H3,(H2,22,23,24);1H. The van der Waals surface area contributed by atoms with Crippen molar-refractivity contribution in [2.75, 3.05) is 37.7 Å². The molecule has 0 saturated carbocycles. The summed E-state index contributed by atoms with van der Waals surface area (Å²) in [5, 5.41) is 9.92. The summed E-state index contributed by atoms with van der Waals surface area (Å²) in [5.41, 5.74) is 3.61. The molecule has 1 saturated heterocycles. The first-order valence-electron chi connectivity index (χ1n) is 10.0. The van der Waals surface area contributed by atoms with Crippen molar-refractivity contribution in [2.45, 2.75) is 39.8 Å². The molecule has 8 heteroatoms. The predicted molar refractivity (Wildman–Crippen MR) is 133 cm³/mol. The van der Waals surface area contributed by atoms with Crippen molar-refractivity contribution in [3.8, 4) is 0 Å². The number of aliphatic imine (C=N–C) groups is 1. The number of nitrogens with one attached hydrogen (secondary N) is 2. The monoisotopic (exact) mass is 529 g/mol. The van der Waals surface area contributed by atoms with Gasteiger partial charge in [0.05, 0.1) is 32.0 Å². The number of ether oxygens (including phenoxy) is 1. The molecule has 6 nitrogen and oxygen atoms in total. The Bertz CT molecular complexity index is 757. The van der Waals surface area contributed by atoms with Crippen LogP contribution in [0.3, 0.4) is 0 Å². The molecule has 2 N–H and O–H groups in total. The maximum atomic E-state index is 5.42. The first-order chi connectivity index (χ1) is 13.7. The Labute approximate surface area is 195 Å². The van der Waals surface area contributed by atoms with Crippen LogP contribution in [-0.2, 0) is 17.8 Å². The van der Waals surface area contributed by atoms with E-state index in [4.69, 9.17) is 9.73 Å². The molecule has 2 heterocycles. The minimum absolute atomic E-state index is 0. The number of halogens is 1. The van der Waals surface area contributed by atoms with E-state index in [1.165, 1.54) is 11.3 Å². The zero-order valence-electron chi connectivity index (χ0n) is 17.5. The van der Waals surface area contributed by atoms with Crippen molar-refractivity contribution in [3.63, 3.8) is 0 Å². The molecule has 0 spiro atoms. The van der Waals surface area contributed by atoms with Gasteiger partial charge in [-0.25, -0.2) is 9.98 Å². The highest BCUT2D eigenvalue weighted by Gasteiger charge is 2.11. The second-order valence-electron chi connectivity index (χ2n) is 7.14. The van der Waals surface area contributed by atoms with E-state index in [0.717, 1.165) is 49.5 Å². The minimum atomic E-state index is 0. The van der Waals surface area contributed by atoms with E-state index in [1.54, 1.807) is 11.3 Å². The lowest BCUT2D eigenvalue weighted by molar-refractivity contribution is 0.122. The van der Waals surface area contributed by atoms with E-state index in [-0.39, 0.29) is 24.0 Å². The molecule has 1 aliphatic heterocycles. The summed E-state index contributed by atoms with van der Waals surface area (Å²) in [6, 6.07) is 8.68. The lowest BCUT2D eigenvalue weighted by Gasteiger charge is -2.28. The molecule has 160 valence electrons. The molecule has 29 heavy (non-hydrogen) atoms. The molecule has 1 aliphatic rings. The zero-order chi connectivity index (χ0) is 19.8. The number of anilines is 1. The highest BCUT2D eigenvalue weighted by atomic mass is 127. The lowest BCUT2D eigenvalue weighted by atomic mass is 10.2. The van der Waals surface area contributed by atoms with Crippen molar-refractivity contribution < 1.29 is 4.74 Å². The van der Waals surface area contributed by atoms with Crippen LogP contribution in [0.1, 0.15) is 43.0 Å². The topological polar surface area (TPSA) is 61.8 Å². The molecule has 0 amide bonds. The van der Waals surface area contributed by atoms with Crippen LogP contribution in [0.4, 0.5) is 5.69 Å². The maximum Gasteiger partial charge on any atom is 0.191 e. The van der Waals surface area contributed by atoms with Gasteiger partial charge in [0.25, 0.3) is 0 Å². The molecule has 1 aromatic heterocycles. The van der Waals surface area contributed by atoms with E-state index in [9.17, 15) is 0 Å². The van der Waals surface area contributed by atoms with Gasteiger partial charge >= 0.3 is 0 Å². The fourth-order valence-corrected chi connectivity index (χ4v) is 3.87. The van der Waals surface area contributed by atoms with E-state index in [2.05, 4.69) is 70.9 Å². The fraction of sp³-hybridized carbons (Fsp3) is 0.524. The number of rotatable bonds is 7. The number of guanidine groups is 1. The lowest BCUT2D eigenvalue weighted by Crippen LogP contribution is -2.36. The van der Waals surface area contributed by atoms with E-state index in [0.29, 0.717) is 19.0 Å². The summed E-state index contributed by atoms with van der Waals surface area (Å²) in [4.78, 5) is 11.8. The summed E-state index contributed by atoms with van der Waals surface area (Å²) >= 11 is 1.70. The normalized spacial score (nSPS) is 14.6. The molecular formula is C21H32IN5OS. The molecule has 0 aliphatic carbocycles. The van der Waals surface area contributed by atoms with Gasteiger partial charge in [0.2, 0.25) is 0 Å². The van der Waals surface area contributed by atoms with Crippen molar-refractivity contribution in [1.29, 1.82) is 0 Å². The van der Waals surface area contributed by atoms with Crippen molar-refractivity contribution in [1.82, 2.24) is 15.6 Å². The van der Waals surface area contributed by atoms with E-state index in [1.807, 2.05) is 0 Å². The van der Waals surface area contributed by atoms with E-state index >= 15 is 0 Å². The first kappa shape index (κ1) is 23.9. The van der Waals surface area contributed by atoms with Gasteiger partial charge < -0.3 is 20.3 Å². The van der Waals surface area contributed by atoms with Gasteiger partial charge in [0.1, 0.15) is 5.01 Å². The quantitative estimate of drug-likeness (QED) is 0.323. The SMILES string of the molecule is CCNC(=NCc1ccc(N2CCOCC2)cc1)NCc1nc(C(C)C)cs1.I. The van der Waals surface area contributed by atoms with E-state index < -0.39 is 0 Å². The average Bonchev–Trinajstić information content (AvgIpc) is 3.21. The second kappa shape index (κ2) is 12.3. The molecule has 3 rings (SSSR count). The third-order valence-corrected chi connectivity index (χ3v) is 5.51. The second-order valence-corrected chi connectivity index (χ2v) is 8.08. The third-order valence-electron chi connectivity index (χ3n) is 4.64. The number of morpholine rings is 1. The molecule has 0 unspecified atom stereocenters. The van der Waals surface area contributed by atoms with Crippen LogP contribution < -0.4 is 15.5 Å². The van der Waals surface area contributed by atoms with Crippen molar-refractivity contribution in [2.24, 2.45) is 4.99 Å². The van der Waals surface area contributed by atoms with Crippen LogP contribution >= 0.6 is 35.3 Å². The Balaban J connectivity index is 0.00000300. The predicted octanol–water partition coefficient (Wildman–Crippen LogP) is 3.98. The number of nitrogens with zero attached hydrogens (tertiary/aromatic N) is 3. The van der Waals surface area contributed by atoms with Gasteiger partial charge in [-0.3, -0.25) is 0 Å². The number of benzene rings is 1. The van der Waals surface area contributed by atoms with Gasteiger partial charge in [-0.15, -0.1) is 35.3 Å². The fourth-order valence-electron chi connectivity index (χ4n) is 2.98. The molecule has 1 aromatic carbocycles. The van der Waals surface area contributed by atoms with Gasteiger partial charge in [0.15, 0.2) is 5.96 Å². The molecule has 1 fully saturated rings. The Morgan fingerprint density at radius 3 is 2.55 bits per heavy atom.